The van der Waals surface area contributed by atoms with Crippen molar-refractivity contribution in [3.05, 3.63) is 0 Å². The van der Waals surface area contributed by atoms with Crippen molar-refractivity contribution < 1.29 is 14.3 Å². The maximum atomic E-state index is 10.9. The Morgan fingerprint density at radius 2 is 2.27 bits per heavy atom. The zero-order chi connectivity index (χ0) is 8.27. The van der Waals surface area contributed by atoms with Crippen molar-refractivity contribution in [1.29, 1.82) is 0 Å². The van der Waals surface area contributed by atoms with E-state index >= 15 is 0 Å². The molecule has 4 nitrogen and oxygen atoms in total. The van der Waals surface area contributed by atoms with E-state index in [1.165, 1.54) is 7.11 Å². The van der Waals surface area contributed by atoms with E-state index in [9.17, 15) is 4.79 Å². The highest BCUT2D eigenvalue weighted by atomic mass is 16.5. The summed E-state index contributed by atoms with van der Waals surface area (Å²) in [6.07, 6.45) is 0.863. The molecule has 1 saturated heterocycles. The lowest BCUT2D eigenvalue weighted by Gasteiger charge is -2.06. The Morgan fingerprint density at radius 1 is 1.55 bits per heavy atom. The van der Waals surface area contributed by atoms with Gasteiger partial charge in [-0.15, -0.1) is 0 Å². The van der Waals surface area contributed by atoms with E-state index in [-0.39, 0.29) is 18.1 Å². The fraction of sp³-hybridized carbons (Fsp3) is 0.857. The maximum Gasteiger partial charge on any atom is 0.322 e. The van der Waals surface area contributed by atoms with Crippen LogP contribution >= 0.6 is 0 Å². The molecule has 0 bridgehead atoms. The Bertz CT molecular complexity index is 149. The number of rotatable bonds is 2. The Hall–Kier alpha value is -0.610. The minimum absolute atomic E-state index is 0.152. The zero-order valence-electron chi connectivity index (χ0n) is 6.79. The Balaban J connectivity index is 2.35. The first-order valence-electron chi connectivity index (χ1n) is 3.62. The third-order valence-corrected chi connectivity index (χ3v) is 1.91. The van der Waals surface area contributed by atoms with Gasteiger partial charge in [-0.3, -0.25) is 4.79 Å². The fourth-order valence-corrected chi connectivity index (χ4v) is 1.20. The van der Waals surface area contributed by atoms with Crippen LogP contribution in [0, 0.1) is 0 Å². The van der Waals surface area contributed by atoms with Gasteiger partial charge in [0.15, 0.2) is 0 Å². The highest BCUT2D eigenvalue weighted by Gasteiger charge is 2.29. The second-order valence-electron chi connectivity index (χ2n) is 2.58. The van der Waals surface area contributed by atoms with Crippen LogP contribution in [0.4, 0.5) is 0 Å². The van der Waals surface area contributed by atoms with Crippen molar-refractivity contribution in [2.24, 2.45) is 0 Å². The molecule has 1 unspecified atom stereocenters. The van der Waals surface area contributed by atoms with Gasteiger partial charge >= 0.3 is 5.97 Å². The van der Waals surface area contributed by atoms with Gasteiger partial charge in [-0.2, -0.15) is 0 Å². The molecule has 11 heavy (non-hydrogen) atoms. The molecule has 1 rings (SSSR count). The molecule has 4 heteroatoms. The van der Waals surface area contributed by atoms with E-state index in [1.807, 2.05) is 0 Å². The summed E-state index contributed by atoms with van der Waals surface area (Å²) < 4.78 is 9.64. The maximum absolute atomic E-state index is 10.9. The fourth-order valence-electron chi connectivity index (χ4n) is 1.20. The second-order valence-corrected chi connectivity index (χ2v) is 2.58. The van der Waals surface area contributed by atoms with E-state index in [4.69, 9.17) is 4.74 Å². The molecule has 1 heterocycles. The number of carbonyl (C=O) groups excluding carboxylic acids is 1. The van der Waals surface area contributed by atoms with E-state index in [1.54, 1.807) is 7.11 Å². The molecule has 1 fully saturated rings. The van der Waals surface area contributed by atoms with Gasteiger partial charge in [-0.1, -0.05) is 0 Å². The van der Waals surface area contributed by atoms with Gasteiger partial charge in [0.05, 0.1) is 13.2 Å². The molecular weight excluding hydrogens is 146 g/mol. The zero-order valence-corrected chi connectivity index (χ0v) is 6.79. The molecule has 0 aliphatic carbocycles. The molecule has 1 aliphatic heterocycles. The SMILES string of the molecule is COC(=O)C1C[C@H](OC)CN1. The molecule has 0 aromatic heterocycles. The van der Waals surface area contributed by atoms with Gasteiger partial charge < -0.3 is 14.8 Å². The lowest BCUT2D eigenvalue weighted by atomic mass is 10.2. The van der Waals surface area contributed by atoms with Gasteiger partial charge in [0, 0.05) is 20.1 Å². The van der Waals surface area contributed by atoms with Crippen molar-refractivity contribution >= 4 is 5.97 Å². The first-order chi connectivity index (χ1) is 5.27. The lowest BCUT2D eigenvalue weighted by molar-refractivity contribution is -0.142. The summed E-state index contributed by atoms with van der Waals surface area (Å²) in [6.45, 7) is 0.732. The number of methoxy groups -OCH3 is 2. The Labute approximate surface area is 65.9 Å². The summed E-state index contributed by atoms with van der Waals surface area (Å²) in [6, 6.07) is -0.176. The monoisotopic (exact) mass is 159 g/mol. The number of hydrogen-bond acceptors (Lipinski definition) is 4. The summed E-state index contributed by atoms with van der Waals surface area (Å²) in [4.78, 5) is 10.9. The highest BCUT2D eigenvalue weighted by Crippen LogP contribution is 2.09. The van der Waals surface area contributed by atoms with Gasteiger partial charge in [0.1, 0.15) is 6.04 Å². The molecule has 0 spiro atoms. The van der Waals surface area contributed by atoms with Crippen molar-refractivity contribution in [2.45, 2.75) is 18.6 Å². The van der Waals surface area contributed by atoms with Crippen LogP contribution in [0.2, 0.25) is 0 Å². The third kappa shape index (κ3) is 1.91. The largest absolute Gasteiger partial charge is 0.468 e. The molecular formula is C7H13NO3. The molecule has 64 valence electrons. The summed E-state index contributed by atoms with van der Waals surface area (Å²) in [5.41, 5.74) is 0. The van der Waals surface area contributed by atoms with E-state index < -0.39 is 0 Å². The predicted octanol–water partition coefficient (Wildman–Crippen LogP) is -0.464. The van der Waals surface area contributed by atoms with Crippen LogP contribution in [0.25, 0.3) is 0 Å². The Kier molecular flexibility index (Phi) is 2.84. The predicted molar refractivity (Wildman–Crippen MR) is 39.2 cm³/mol. The summed E-state index contributed by atoms with van der Waals surface area (Å²) in [7, 11) is 3.04. The third-order valence-electron chi connectivity index (χ3n) is 1.91. The molecule has 0 aromatic rings. The Morgan fingerprint density at radius 3 is 2.73 bits per heavy atom. The van der Waals surface area contributed by atoms with Crippen molar-refractivity contribution in [3.8, 4) is 0 Å². The van der Waals surface area contributed by atoms with Crippen molar-refractivity contribution in [2.75, 3.05) is 20.8 Å². The van der Waals surface area contributed by atoms with Gasteiger partial charge in [-0.25, -0.2) is 0 Å². The van der Waals surface area contributed by atoms with Crippen molar-refractivity contribution in [1.82, 2.24) is 5.32 Å². The minimum Gasteiger partial charge on any atom is -0.468 e. The van der Waals surface area contributed by atoms with E-state index in [2.05, 4.69) is 10.1 Å². The highest BCUT2D eigenvalue weighted by molar-refractivity contribution is 5.76. The van der Waals surface area contributed by atoms with E-state index in [0.717, 1.165) is 6.54 Å². The summed E-state index contributed by atoms with van der Waals surface area (Å²) in [5.74, 6) is -0.204. The molecule has 0 saturated carbocycles. The lowest BCUT2D eigenvalue weighted by Crippen LogP contribution is -2.31. The number of nitrogens with one attached hydrogen (secondary N) is 1. The van der Waals surface area contributed by atoms with Crippen LogP contribution in [-0.4, -0.2) is 38.9 Å². The quantitative estimate of drug-likeness (QED) is 0.554. The van der Waals surface area contributed by atoms with Gasteiger partial charge in [0.25, 0.3) is 0 Å². The first-order valence-corrected chi connectivity index (χ1v) is 3.62. The molecule has 0 radical (unpaired) electrons. The second kappa shape index (κ2) is 3.69. The van der Waals surface area contributed by atoms with Crippen molar-refractivity contribution in [3.63, 3.8) is 0 Å². The normalized spacial score (nSPS) is 30.4. The number of hydrogen-bond donors (Lipinski definition) is 1. The van der Waals surface area contributed by atoms with Crippen LogP contribution in [0.3, 0.4) is 0 Å². The van der Waals surface area contributed by atoms with Crippen LogP contribution in [0.15, 0.2) is 0 Å². The molecule has 0 amide bonds. The minimum atomic E-state index is -0.204. The van der Waals surface area contributed by atoms with Crippen LogP contribution in [0.5, 0.6) is 0 Å². The topological polar surface area (TPSA) is 47.6 Å². The van der Waals surface area contributed by atoms with Crippen LogP contribution in [-0.2, 0) is 14.3 Å². The average molecular weight is 159 g/mol. The van der Waals surface area contributed by atoms with Crippen LogP contribution in [0.1, 0.15) is 6.42 Å². The standard InChI is InChI=1S/C7H13NO3/c1-10-5-3-6(8-4-5)7(9)11-2/h5-6,8H,3-4H2,1-2H3/t5-,6?/m0/s1. The molecule has 1 N–H and O–H groups in total. The number of esters is 1. The number of carbonyl (C=O) groups is 1. The van der Waals surface area contributed by atoms with Gasteiger partial charge in [-0.05, 0) is 0 Å². The molecule has 1 aliphatic rings. The van der Waals surface area contributed by atoms with Crippen LogP contribution < -0.4 is 5.32 Å². The average Bonchev–Trinajstić information content (AvgIpc) is 2.50. The van der Waals surface area contributed by atoms with E-state index in [0.29, 0.717) is 6.42 Å². The smallest absolute Gasteiger partial charge is 0.322 e. The first kappa shape index (κ1) is 8.49. The van der Waals surface area contributed by atoms with Gasteiger partial charge in [0.2, 0.25) is 0 Å². The molecule has 2 atom stereocenters. The molecule has 0 aromatic carbocycles. The number of ether oxygens (including phenoxy) is 2. The summed E-state index contributed by atoms with van der Waals surface area (Å²) >= 11 is 0. The summed E-state index contributed by atoms with van der Waals surface area (Å²) in [5, 5.41) is 3.01.